The monoisotopic (exact) mass is 394 g/mol. The van der Waals surface area contributed by atoms with E-state index < -0.39 is 0 Å². The number of hydrogen-bond donors (Lipinski definition) is 2. The molecular weight excluding hydrogens is 376 g/mol. The van der Waals surface area contributed by atoms with Crippen molar-refractivity contribution in [2.24, 2.45) is 0 Å². The molecule has 0 saturated carbocycles. The standard InChI is InChI=1S/C21H19ClN4O2/c1-11(2)19-18(12(3)26-28-19)21(27)23-13-8-9-16-17(10-13)25-20(24-16)14-6-4-5-7-15(14)22/h4-11H,1-3H3,(H,23,27)(H,24,25). The van der Waals surface area contributed by atoms with E-state index in [0.29, 0.717) is 33.6 Å². The maximum absolute atomic E-state index is 12.8. The van der Waals surface area contributed by atoms with Crippen molar-refractivity contribution < 1.29 is 9.32 Å². The highest BCUT2D eigenvalue weighted by molar-refractivity contribution is 6.33. The fourth-order valence-electron chi connectivity index (χ4n) is 3.12. The number of imidazole rings is 1. The van der Waals surface area contributed by atoms with Gasteiger partial charge in [-0.05, 0) is 37.3 Å². The predicted molar refractivity (Wildman–Crippen MR) is 110 cm³/mol. The lowest BCUT2D eigenvalue weighted by Crippen LogP contribution is -2.14. The van der Waals surface area contributed by atoms with Crippen LogP contribution in [0.3, 0.4) is 0 Å². The quantitative estimate of drug-likeness (QED) is 0.475. The van der Waals surface area contributed by atoms with Crippen molar-refractivity contribution in [3.63, 3.8) is 0 Å². The van der Waals surface area contributed by atoms with E-state index in [1.807, 2.05) is 56.3 Å². The number of hydrogen-bond acceptors (Lipinski definition) is 4. The molecule has 0 bridgehead atoms. The second-order valence-corrected chi connectivity index (χ2v) is 7.32. The molecule has 0 aliphatic rings. The Balaban J connectivity index is 1.65. The van der Waals surface area contributed by atoms with Crippen LogP contribution in [0.5, 0.6) is 0 Å². The number of aryl methyl sites for hydroxylation is 1. The van der Waals surface area contributed by atoms with Gasteiger partial charge in [-0.25, -0.2) is 4.98 Å². The number of H-pyrrole nitrogens is 1. The van der Waals surface area contributed by atoms with E-state index in [9.17, 15) is 4.79 Å². The fourth-order valence-corrected chi connectivity index (χ4v) is 3.34. The molecule has 0 aliphatic carbocycles. The smallest absolute Gasteiger partial charge is 0.261 e. The summed E-state index contributed by atoms with van der Waals surface area (Å²) in [6.07, 6.45) is 0. The van der Waals surface area contributed by atoms with Gasteiger partial charge in [-0.1, -0.05) is 42.7 Å². The fraction of sp³-hybridized carbons (Fsp3) is 0.190. The lowest BCUT2D eigenvalue weighted by atomic mass is 10.0. The molecule has 4 rings (SSSR count). The number of fused-ring (bicyclic) bond motifs is 1. The van der Waals surface area contributed by atoms with E-state index in [1.54, 1.807) is 6.92 Å². The Labute approximate surface area is 166 Å². The van der Waals surface area contributed by atoms with Crippen LogP contribution in [0.4, 0.5) is 5.69 Å². The van der Waals surface area contributed by atoms with E-state index in [4.69, 9.17) is 16.1 Å². The highest BCUT2D eigenvalue weighted by atomic mass is 35.5. The van der Waals surface area contributed by atoms with Crippen molar-refractivity contribution in [3.05, 3.63) is 64.5 Å². The molecule has 142 valence electrons. The van der Waals surface area contributed by atoms with Gasteiger partial charge in [0.25, 0.3) is 5.91 Å². The van der Waals surface area contributed by atoms with Gasteiger partial charge < -0.3 is 14.8 Å². The van der Waals surface area contributed by atoms with Crippen molar-refractivity contribution in [2.75, 3.05) is 5.32 Å². The number of amides is 1. The van der Waals surface area contributed by atoms with Crippen LogP contribution < -0.4 is 5.32 Å². The molecule has 0 radical (unpaired) electrons. The number of carbonyl (C=O) groups is 1. The van der Waals surface area contributed by atoms with Gasteiger partial charge >= 0.3 is 0 Å². The molecule has 2 aromatic carbocycles. The first-order chi connectivity index (χ1) is 13.4. The Kier molecular flexibility index (Phi) is 4.65. The molecule has 0 fully saturated rings. The van der Waals surface area contributed by atoms with Gasteiger partial charge in [0.1, 0.15) is 11.4 Å². The SMILES string of the molecule is Cc1noc(C(C)C)c1C(=O)Nc1ccc2nc(-c3ccccc3Cl)[nH]c2c1. The van der Waals surface area contributed by atoms with Gasteiger partial charge in [-0.15, -0.1) is 0 Å². The zero-order valence-corrected chi connectivity index (χ0v) is 16.5. The number of benzene rings is 2. The number of halogens is 1. The summed E-state index contributed by atoms with van der Waals surface area (Å²) in [6.45, 7) is 5.69. The predicted octanol–water partition coefficient (Wildman–Crippen LogP) is 5.56. The second kappa shape index (κ2) is 7.13. The third-order valence-electron chi connectivity index (χ3n) is 4.51. The molecule has 2 aromatic heterocycles. The lowest BCUT2D eigenvalue weighted by molar-refractivity contribution is 0.102. The third kappa shape index (κ3) is 3.27. The second-order valence-electron chi connectivity index (χ2n) is 6.91. The van der Waals surface area contributed by atoms with Gasteiger partial charge in [-0.3, -0.25) is 4.79 Å². The van der Waals surface area contributed by atoms with Gasteiger partial charge in [0.05, 0.1) is 21.7 Å². The molecule has 4 aromatic rings. The number of aromatic nitrogens is 3. The van der Waals surface area contributed by atoms with Crippen LogP contribution in [0.1, 0.15) is 41.6 Å². The molecule has 0 unspecified atom stereocenters. The molecule has 2 heterocycles. The van der Waals surface area contributed by atoms with E-state index in [0.717, 1.165) is 16.6 Å². The van der Waals surface area contributed by atoms with Crippen LogP contribution in [-0.2, 0) is 0 Å². The maximum Gasteiger partial charge on any atom is 0.261 e. The van der Waals surface area contributed by atoms with Crippen molar-refractivity contribution in [1.82, 2.24) is 15.1 Å². The molecule has 7 heteroatoms. The van der Waals surface area contributed by atoms with Gasteiger partial charge in [0, 0.05) is 17.2 Å². The molecular formula is C21H19ClN4O2. The Bertz CT molecular complexity index is 1180. The summed E-state index contributed by atoms with van der Waals surface area (Å²) in [7, 11) is 0. The van der Waals surface area contributed by atoms with Gasteiger partial charge in [0.15, 0.2) is 5.76 Å². The molecule has 0 atom stereocenters. The minimum atomic E-state index is -0.243. The summed E-state index contributed by atoms with van der Waals surface area (Å²) < 4.78 is 5.31. The number of aromatic amines is 1. The summed E-state index contributed by atoms with van der Waals surface area (Å²) in [5.74, 6) is 1.09. The first kappa shape index (κ1) is 18.3. The highest BCUT2D eigenvalue weighted by Crippen LogP contribution is 2.29. The molecule has 2 N–H and O–H groups in total. The molecule has 0 saturated heterocycles. The third-order valence-corrected chi connectivity index (χ3v) is 4.84. The number of anilines is 1. The number of rotatable bonds is 4. The summed E-state index contributed by atoms with van der Waals surface area (Å²) >= 11 is 6.27. The van der Waals surface area contributed by atoms with Crippen LogP contribution in [-0.4, -0.2) is 21.0 Å². The van der Waals surface area contributed by atoms with Crippen molar-refractivity contribution in [3.8, 4) is 11.4 Å². The molecule has 0 spiro atoms. The Morgan fingerprint density at radius 3 is 2.75 bits per heavy atom. The average Bonchev–Trinajstić information content (AvgIpc) is 3.25. The number of nitrogens with one attached hydrogen (secondary N) is 2. The molecule has 1 amide bonds. The minimum Gasteiger partial charge on any atom is -0.360 e. The van der Waals surface area contributed by atoms with Crippen LogP contribution in [0.15, 0.2) is 47.0 Å². The van der Waals surface area contributed by atoms with E-state index >= 15 is 0 Å². The summed E-state index contributed by atoms with van der Waals surface area (Å²) in [6, 6.07) is 13.0. The Morgan fingerprint density at radius 2 is 2.00 bits per heavy atom. The van der Waals surface area contributed by atoms with E-state index in [-0.39, 0.29) is 11.8 Å². The first-order valence-electron chi connectivity index (χ1n) is 8.96. The van der Waals surface area contributed by atoms with Gasteiger partial charge in [-0.2, -0.15) is 0 Å². The normalized spacial score (nSPS) is 11.3. The van der Waals surface area contributed by atoms with Crippen LogP contribution >= 0.6 is 11.6 Å². The molecule has 0 aliphatic heterocycles. The number of carbonyl (C=O) groups excluding carboxylic acids is 1. The van der Waals surface area contributed by atoms with Gasteiger partial charge in [0.2, 0.25) is 0 Å². The van der Waals surface area contributed by atoms with Crippen molar-refractivity contribution in [2.45, 2.75) is 26.7 Å². The van der Waals surface area contributed by atoms with Crippen LogP contribution in [0, 0.1) is 6.92 Å². The minimum absolute atomic E-state index is 0.0650. The van der Waals surface area contributed by atoms with Crippen molar-refractivity contribution in [1.29, 1.82) is 0 Å². The summed E-state index contributed by atoms with van der Waals surface area (Å²) in [5, 5.41) is 7.48. The molecule has 6 nitrogen and oxygen atoms in total. The first-order valence-corrected chi connectivity index (χ1v) is 9.34. The Morgan fingerprint density at radius 1 is 1.21 bits per heavy atom. The van der Waals surface area contributed by atoms with Crippen LogP contribution in [0.2, 0.25) is 5.02 Å². The van der Waals surface area contributed by atoms with Crippen LogP contribution in [0.25, 0.3) is 22.4 Å². The van der Waals surface area contributed by atoms with E-state index in [2.05, 4.69) is 20.4 Å². The van der Waals surface area contributed by atoms with E-state index in [1.165, 1.54) is 0 Å². The Hall–Kier alpha value is -3.12. The molecule has 28 heavy (non-hydrogen) atoms. The topological polar surface area (TPSA) is 83.8 Å². The maximum atomic E-state index is 12.8. The lowest BCUT2D eigenvalue weighted by Gasteiger charge is -2.07. The average molecular weight is 395 g/mol. The van der Waals surface area contributed by atoms with Crippen molar-refractivity contribution >= 4 is 34.2 Å². The largest absolute Gasteiger partial charge is 0.360 e. The summed E-state index contributed by atoms with van der Waals surface area (Å²) in [5.41, 5.74) is 4.13. The number of nitrogens with zero attached hydrogens (tertiary/aromatic N) is 2. The zero-order chi connectivity index (χ0) is 19.8. The zero-order valence-electron chi connectivity index (χ0n) is 15.7. The summed E-state index contributed by atoms with van der Waals surface area (Å²) in [4.78, 5) is 20.6. The highest BCUT2D eigenvalue weighted by Gasteiger charge is 2.22.